The Kier molecular flexibility index (Phi) is 5.43. The first kappa shape index (κ1) is 14.8. The topological polar surface area (TPSA) is 86.2 Å². The van der Waals surface area contributed by atoms with Gasteiger partial charge in [-0.25, -0.2) is 4.39 Å². The number of halogens is 1. The van der Waals surface area contributed by atoms with Crippen LogP contribution >= 0.6 is 0 Å². The Morgan fingerprint density at radius 1 is 1.50 bits per heavy atom. The van der Waals surface area contributed by atoms with E-state index in [0.717, 1.165) is 0 Å². The monoisotopic (exact) mass is 272 g/mol. The summed E-state index contributed by atoms with van der Waals surface area (Å²) in [5.74, 6) is -1.04. The molecule has 2 atom stereocenters. The predicted octanol–water partition coefficient (Wildman–Crippen LogP) is 0.911. The van der Waals surface area contributed by atoms with Crippen LogP contribution < -0.4 is 11.5 Å². The second kappa shape index (κ2) is 6.61. The highest BCUT2D eigenvalue weighted by Gasteiger charge is 2.14. The standard InChI is InChI=1S/C12H17FN2O2S/c1-8(4-5-14)18(17)7-10-6-9(12(15)16)2-3-11(10)13/h2-3,6,8H,4-5,7,14H2,1H3,(H2,15,16). The number of hydrogen-bond acceptors (Lipinski definition) is 3. The SMILES string of the molecule is CC(CCN)S(=O)Cc1cc(C(N)=O)ccc1F. The first-order valence-electron chi connectivity index (χ1n) is 5.61. The van der Waals surface area contributed by atoms with Crippen LogP contribution in [0.5, 0.6) is 0 Å². The summed E-state index contributed by atoms with van der Waals surface area (Å²) in [6, 6.07) is 3.83. The third kappa shape index (κ3) is 3.89. The lowest BCUT2D eigenvalue weighted by atomic mass is 10.1. The maximum Gasteiger partial charge on any atom is 0.248 e. The van der Waals surface area contributed by atoms with E-state index >= 15 is 0 Å². The summed E-state index contributed by atoms with van der Waals surface area (Å²) >= 11 is 0. The lowest BCUT2D eigenvalue weighted by Crippen LogP contribution is -2.18. The van der Waals surface area contributed by atoms with Crippen molar-refractivity contribution in [1.82, 2.24) is 0 Å². The maximum atomic E-state index is 13.5. The van der Waals surface area contributed by atoms with Gasteiger partial charge in [0.05, 0.1) is 5.75 Å². The second-order valence-electron chi connectivity index (χ2n) is 4.08. The van der Waals surface area contributed by atoms with Crippen molar-refractivity contribution in [2.75, 3.05) is 6.54 Å². The number of carbonyl (C=O) groups is 1. The van der Waals surface area contributed by atoms with Gasteiger partial charge in [-0.1, -0.05) is 6.92 Å². The van der Waals surface area contributed by atoms with E-state index < -0.39 is 22.5 Å². The van der Waals surface area contributed by atoms with Crippen LogP contribution in [0.15, 0.2) is 18.2 Å². The van der Waals surface area contributed by atoms with Gasteiger partial charge in [-0.3, -0.25) is 9.00 Å². The van der Waals surface area contributed by atoms with Gasteiger partial charge in [-0.2, -0.15) is 0 Å². The summed E-state index contributed by atoms with van der Waals surface area (Å²) in [6.45, 7) is 2.25. The number of hydrogen-bond donors (Lipinski definition) is 2. The van der Waals surface area contributed by atoms with E-state index in [1.165, 1.54) is 18.2 Å². The van der Waals surface area contributed by atoms with Crippen LogP contribution in [0, 0.1) is 5.82 Å². The highest BCUT2D eigenvalue weighted by Crippen LogP contribution is 2.15. The van der Waals surface area contributed by atoms with Gasteiger partial charge in [0, 0.05) is 27.2 Å². The van der Waals surface area contributed by atoms with Crippen LogP contribution in [0.1, 0.15) is 29.3 Å². The van der Waals surface area contributed by atoms with Gasteiger partial charge >= 0.3 is 0 Å². The molecule has 0 radical (unpaired) electrons. The van der Waals surface area contributed by atoms with E-state index in [4.69, 9.17) is 11.5 Å². The largest absolute Gasteiger partial charge is 0.366 e. The number of benzene rings is 1. The number of carbonyl (C=O) groups excluding carboxylic acids is 1. The number of nitrogens with two attached hydrogens (primary N) is 2. The second-order valence-corrected chi connectivity index (χ2v) is 5.94. The van der Waals surface area contributed by atoms with E-state index in [0.29, 0.717) is 13.0 Å². The van der Waals surface area contributed by atoms with Gasteiger partial charge in [-0.05, 0) is 31.2 Å². The summed E-state index contributed by atoms with van der Waals surface area (Å²) in [5, 5.41) is -0.105. The van der Waals surface area contributed by atoms with Crippen LogP contribution in [-0.2, 0) is 16.6 Å². The lowest BCUT2D eigenvalue weighted by molar-refractivity contribution is 0.1000. The van der Waals surface area contributed by atoms with E-state index in [2.05, 4.69) is 0 Å². The molecule has 6 heteroatoms. The Bertz CT molecular complexity index is 465. The number of primary amides is 1. The highest BCUT2D eigenvalue weighted by atomic mass is 32.2. The van der Waals surface area contributed by atoms with E-state index in [1.54, 1.807) is 6.92 Å². The zero-order chi connectivity index (χ0) is 13.7. The molecule has 4 nitrogen and oxygen atoms in total. The average molecular weight is 272 g/mol. The Morgan fingerprint density at radius 3 is 2.72 bits per heavy atom. The molecule has 0 saturated carbocycles. The molecule has 0 spiro atoms. The van der Waals surface area contributed by atoms with Crippen molar-refractivity contribution in [2.45, 2.75) is 24.3 Å². The summed E-state index contributed by atoms with van der Waals surface area (Å²) in [4.78, 5) is 11.0. The molecule has 2 unspecified atom stereocenters. The van der Waals surface area contributed by atoms with Crippen LogP contribution in [0.2, 0.25) is 0 Å². The molecule has 0 aliphatic heterocycles. The van der Waals surface area contributed by atoms with Crippen molar-refractivity contribution in [1.29, 1.82) is 0 Å². The summed E-state index contributed by atoms with van der Waals surface area (Å²) < 4.78 is 25.4. The van der Waals surface area contributed by atoms with Crippen molar-refractivity contribution in [3.05, 3.63) is 35.1 Å². The molecular formula is C12H17FN2O2S. The molecule has 0 fully saturated rings. The first-order valence-corrected chi connectivity index (χ1v) is 6.99. The Morgan fingerprint density at radius 2 is 2.17 bits per heavy atom. The fourth-order valence-corrected chi connectivity index (χ4v) is 2.71. The summed E-state index contributed by atoms with van der Waals surface area (Å²) in [6.07, 6.45) is 0.615. The smallest absolute Gasteiger partial charge is 0.248 e. The molecule has 18 heavy (non-hydrogen) atoms. The molecule has 1 amide bonds. The minimum absolute atomic E-state index is 0.0636. The number of rotatable bonds is 6. The highest BCUT2D eigenvalue weighted by molar-refractivity contribution is 7.84. The van der Waals surface area contributed by atoms with Crippen molar-refractivity contribution >= 4 is 16.7 Å². The van der Waals surface area contributed by atoms with Gasteiger partial charge in [-0.15, -0.1) is 0 Å². The Labute approximate surface area is 108 Å². The molecular weight excluding hydrogens is 255 g/mol. The third-order valence-corrected chi connectivity index (χ3v) is 4.38. The maximum absolute atomic E-state index is 13.5. The van der Waals surface area contributed by atoms with Crippen LogP contribution in [0.4, 0.5) is 4.39 Å². The zero-order valence-corrected chi connectivity index (χ0v) is 11.0. The molecule has 100 valence electrons. The van der Waals surface area contributed by atoms with Crippen LogP contribution in [0.3, 0.4) is 0 Å². The lowest BCUT2D eigenvalue weighted by Gasteiger charge is -2.11. The van der Waals surface area contributed by atoms with E-state index in [9.17, 15) is 13.4 Å². The number of amides is 1. The summed E-state index contributed by atoms with van der Waals surface area (Å²) in [7, 11) is -1.22. The minimum Gasteiger partial charge on any atom is -0.366 e. The molecule has 1 aromatic carbocycles. The molecule has 0 heterocycles. The van der Waals surface area contributed by atoms with Crippen molar-refractivity contribution in [2.24, 2.45) is 11.5 Å². The molecule has 0 aliphatic rings. The molecule has 0 aliphatic carbocycles. The zero-order valence-electron chi connectivity index (χ0n) is 10.2. The summed E-state index contributed by atoms with van der Waals surface area (Å²) in [5.41, 5.74) is 11.0. The third-order valence-electron chi connectivity index (χ3n) is 2.65. The van der Waals surface area contributed by atoms with Gasteiger partial charge in [0.15, 0.2) is 0 Å². The van der Waals surface area contributed by atoms with Crippen molar-refractivity contribution < 1.29 is 13.4 Å². The Hall–Kier alpha value is -1.27. The fourth-order valence-electron chi connectivity index (χ4n) is 1.50. The molecule has 0 bridgehead atoms. The Balaban J connectivity index is 2.86. The van der Waals surface area contributed by atoms with Gasteiger partial charge < -0.3 is 11.5 Å². The molecule has 1 rings (SSSR count). The molecule has 4 N–H and O–H groups in total. The van der Waals surface area contributed by atoms with Gasteiger partial charge in [0.2, 0.25) is 5.91 Å². The normalized spacial score (nSPS) is 14.2. The van der Waals surface area contributed by atoms with Crippen molar-refractivity contribution in [3.8, 4) is 0 Å². The molecule has 0 aromatic heterocycles. The average Bonchev–Trinajstić information content (AvgIpc) is 2.31. The fraction of sp³-hybridized carbons (Fsp3) is 0.417. The quantitative estimate of drug-likeness (QED) is 0.807. The van der Waals surface area contributed by atoms with E-state index in [1.807, 2.05) is 0 Å². The van der Waals surface area contributed by atoms with Gasteiger partial charge in [0.25, 0.3) is 0 Å². The van der Waals surface area contributed by atoms with Crippen LogP contribution in [-0.4, -0.2) is 21.9 Å². The first-order chi connectivity index (χ1) is 8.45. The minimum atomic E-state index is -1.22. The van der Waals surface area contributed by atoms with E-state index in [-0.39, 0.29) is 22.1 Å². The van der Waals surface area contributed by atoms with Crippen molar-refractivity contribution in [3.63, 3.8) is 0 Å². The molecule has 0 saturated heterocycles. The predicted molar refractivity (Wildman–Crippen MR) is 69.9 cm³/mol. The van der Waals surface area contributed by atoms with Gasteiger partial charge in [0.1, 0.15) is 5.82 Å². The van der Waals surface area contributed by atoms with Crippen LogP contribution in [0.25, 0.3) is 0 Å². The molecule has 1 aromatic rings.